The molecule has 2 nitrogen and oxygen atoms in total. The molecule has 0 heterocycles. The van der Waals surface area contributed by atoms with E-state index in [0.29, 0.717) is 0 Å². The molecular formula is C38H64Cl2N2. The highest BCUT2D eigenvalue weighted by Crippen LogP contribution is 2.28. The third kappa shape index (κ3) is 17.3. The van der Waals surface area contributed by atoms with Crippen molar-refractivity contribution in [2.24, 2.45) is 11.8 Å². The number of benzene rings is 2. The zero-order valence-electron chi connectivity index (χ0n) is 27.1. The van der Waals surface area contributed by atoms with Crippen molar-refractivity contribution in [2.45, 2.75) is 143 Å². The first kappa shape index (κ1) is 39.0. The maximum Gasteiger partial charge on any atom is 0.0205 e. The average molecular weight is 620 g/mol. The molecule has 4 heteroatoms. The lowest BCUT2D eigenvalue weighted by molar-refractivity contribution is 0.252. The van der Waals surface area contributed by atoms with Crippen LogP contribution < -0.4 is 10.6 Å². The summed E-state index contributed by atoms with van der Waals surface area (Å²) in [5.74, 6) is 1.66. The van der Waals surface area contributed by atoms with Gasteiger partial charge in [0.05, 0.1) is 0 Å². The van der Waals surface area contributed by atoms with Crippen molar-refractivity contribution in [1.29, 1.82) is 0 Å². The standard InChI is InChI=1S/C38H62N2.2ClH/c1-3-5-7-9-11-13-16-33-20-24-35(25-21-33)29-39-31-37-18-15-19-38(28-37)32-40-30-36-26-22-34(23-27-36)17-14-12-10-8-6-4-2;;/h20-27,37-40H,3-19,28-32H2,1-2H3;2*1H. The van der Waals surface area contributed by atoms with Crippen molar-refractivity contribution < 1.29 is 0 Å². The summed E-state index contributed by atoms with van der Waals surface area (Å²) >= 11 is 0. The summed E-state index contributed by atoms with van der Waals surface area (Å²) in [6.07, 6.45) is 24.5. The summed E-state index contributed by atoms with van der Waals surface area (Å²) in [5, 5.41) is 7.55. The molecule has 1 saturated carbocycles. The number of unbranched alkanes of at least 4 members (excludes halogenated alkanes) is 10. The number of nitrogens with one attached hydrogen (secondary N) is 2. The highest BCUT2D eigenvalue weighted by Gasteiger charge is 2.21. The highest BCUT2D eigenvalue weighted by molar-refractivity contribution is 5.85. The SMILES string of the molecule is CCCCCCCCc1ccc(CNCC2CCCC(CNCc3ccc(CCCCCCCC)cc3)C2)cc1.Cl.Cl. The molecule has 2 atom stereocenters. The summed E-state index contributed by atoms with van der Waals surface area (Å²) in [7, 11) is 0. The molecule has 1 aliphatic rings. The van der Waals surface area contributed by atoms with Crippen molar-refractivity contribution in [1.82, 2.24) is 10.6 Å². The van der Waals surface area contributed by atoms with E-state index in [2.05, 4.69) is 73.0 Å². The Hall–Kier alpha value is -1.06. The lowest BCUT2D eigenvalue weighted by Crippen LogP contribution is -2.31. The fourth-order valence-corrected chi connectivity index (χ4v) is 6.48. The highest BCUT2D eigenvalue weighted by atomic mass is 35.5. The lowest BCUT2D eigenvalue weighted by atomic mass is 9.81. The lowest BCUT2D eigenvalue weighted by Gasteiger charge is -2.29. The minimum atomic E-state index is 0. The van der Waals surface area contributed by atoms with Gasteiger partial charge in [-0.1, -0.05) is 133 Å². The predicted molar refractivity (Wildman–Crippen MR) is 190 cm³/mol. The van der Waals surface area contributed by atoms with Gasteiger partial charge >= 0.3 is 0 Å². The molecule has 1 aliphatic carbocycles. The van der Waals surface area contributed by atoms with Gasteiger partial charge in [-0.25, -0.2) is 0 Å². The van der Waals surface area contributed by atoms with Crippen LogP contribution in [-0.2, 0) is 25.9 Å². The van der Waals surface area contributed by atoms with E-state index in [-0.39, 0.29) is 24.8 Å². The minimum Gasteiger partial charge on any atom is -0.312 e. The first-order valence-electron chi connectivity index (χ1n) is 17.3. The summed E-state index contributed by atoms with van der Waals surface area (Å²) in [4.78, 5) is 0. The first-order chi connectivity index (χ1) is 19.8. The summed E-state index contributed by atoms with van der Waals surface area (Å²) < 4.78 is 0. The van der Waals surface area contributed by atoms with Crippen molar-refractivity contribution in [2.75, 3.05) is 13.1 Å². The molecule has 2 unspecified atom stereocenters. The van der Waals surface area contributed by atoms with E-state index < -0.39 is 0 Å². The molecule has 2 aromatic carbocycles. The van der Waals surface area contributed by atoms with E-state index in [1.165, 1.54) is 138 Å². The molecular weight excluding hydrogens is 555 g/mol. The Balaban J connectivity index is 0.00000441. The van der Waals surface area contributed by atoms with E-state index in [4.69, 9.17) is 0 Å². The number of rotatable bonds is 22. The molecule has 2 aromatic rings. The minimum absolute atomic E-state index is 0. The van der Waals surface area contributed by atoms with Crippen LogP contribution in [0.5, 0.6) is 0 Å². The van der Waals surface area contributed by atoms with Crippen LogP contribution in [-0.4, -0.2) is 13.1 Å². The fraction of sp³-hybridized carbons (Fsp3) is 0.684. The molecule has 42 heavy (non-hydrogen) atoms. The molecule has 0 bridgehead atoms. The normalized spacial score (nSPS) is 16.5. The Morgan fingerprint density at radius 3 is 1.26 bits per heavy atom. The van der Waals surface area contributed by atoms with Crippen LogP contribution in [0.2, 0.25) is 0 Å². The summed E-state index contributed by atoms with van der Waals surface area (Å²) in [6, 6.07) is 18.8. The summed E-state index contributed by atoms with van der Waals surface area (Å²) in [6.45, 7) is 8.92. The largest absolute Gasteiger partial charge is 0.312 e. The van der Waals surface area contributed by atoms with Gasteiger partial charge in [0.25, 0.3) is 0 Å². The fourth-order valence-electron chi connectivity index (χ4n) is 6.48. The monoisotopic (exact) mass is 618 g/mol. The zero-order valence-corrected chi connectivity index (χ0v) is 28.8. The molecule has 0 amide bonds. The van der Waals surface area contributed by atoms with Gasteiger partial charge in [-0.05, 0) is 92.1 Å². The van der Waals surface area contributed by atoms with Gasteiger partial charge in [-0.15, -0.1) is 24.8 Å². The van der Waals surface area contributed by atoms with Gasteiger partial charge in [-0.2, -0.15) is 0 Å². The second-order valence-electron chi connectivity index (χ2n) is 12.8. The molecule has 3 rings (SSSR count). The Kier molecular flexibility index (Phi) is 23.5. The zero-order chi connectivity index (χ0) is 28.1. The molecule has 0 radical (unpaired) electrons. The van der Waals surface area contributed by atoms with Crippen LogP contribution in [0.15, 0.2) is 48.5 Å². The van der Waals surface area contributed by atoms with Gasteiger partial charge in [0.1, 0.15) is 0 Å². The van der Waals surface area contributed by atoms with Crippen LogP contribution in [0.25, 0.3) is 0 Å². The van der Waals surface area contributed by atoms with Gasteiger partial charge in [0, 0.05) is 13.1 Å². The quantitative estimate of drug-likeness (QED) is 0.128. The average Bonchev–Trinajstić information content (AvgIpc) is 2.98. The van der Waals surface area contributed by atoms with Crippen molar-refractivity contribution >= 4 is 24.8 Å². The second kappa shape index (κ2) is 25.3. The molecule has 2 N–H and O–H groups in total. The number of aryl methyl sites for hydroxylation is 2. The Labute approximate surface area is 272 Å². The van der Waals surface area contributed by atoms with Crippen LogP contribution in [0, 0.1) is 11.8 Å². The molecule has 240 valence electrons. The molecule has 0 saturated heterocycles. The van der Waals surface area contributed by atoms with E-state index >= 15 is 0 Å². The van der Waals surface area contributed by atoms with Crippen LogP contribution in [0.3, 0.4) is 0 Å². The first-order valence-corrected chi connectivity index (χ1v) is 17.3. The third-order valence-corrected chi connectivity index (χ3v) is 9.10. The smallest absolute Gasteiger partial charge is 0.0205 e. The Bertz CT molecular complexity index is 796. The maximum atomic E-state index is 3.78. The topological polar surface area (TPSA) is 24.1 Å². The molecule has 1 fully saturated rings. The van der Waals surface area contributed by atoms with E-state index in [1.54, 1.807) is 0 Å². The van der Waals surface area contributed by atoms with E-state index in [1.807, 2.05) is 0 Å². The van der Waals surface area contributed by atoms with Gasteiger partial charge in [0.15, 0.2) is 0 Å². The predicted octanol–water partition coefficient (Wildman–Crippen LogP) is 11.0. The van der Waals surface area contributed by atoms with Crippen molar-refractivity contribution in [3.63, 3.8) is 0 Å². The van der Waals surface area contributed by atoms with E-state index in [9.17, 15) is 0 Å². The van der Waals surface area contributed by atoms with Gasteiger partial charge in [-0.3, -0.25) is 0 Å². The number of halogens is 2. The van der Waals surface area contributed by atoms with Gasteiger partial charge in [0.2, 0.25) is 0 Å². The van der Waals surface area contributed by atoms with Crippen LogP contribution >= 0.6 is 24.8 Å². The summed E-state index contributed by atoms with van der Waals surface area (Å²) in [5.41, 5.74) is 5.87. The molecule has 0 aliphatic heterocycles. The number of hydrogen-bond acceptors (Lipinski definition) is 2. The van der Waals surface area contributed by atoms with Crippen LogP contribution in [0.1, 0.15) is 139 Å². The Morgan fingerprint density at radius 1 is 0.500 bits per heavy atom. The number of hydrogen-bond donors (Lipinski definition) is 2. The van der Waals surface area contributed by atoms with Crippen molar-refractivity contribution in [3.05, 3.63) is 70.8 Å². The molecule has 0 spiro atoms. The second-order valence-corrected chi connectivity index (χ2v) is 12.8. The maximum absolute atomic E-state index is 3.78. The van der Waals surface area contributed by atoms with E-state index in [0.717, 1.165) is 38.0 Å². The third-order valence-electron chi connectivity index (χ3n) is 9.10. The van der Waals surface area contributed by atoms with Crippen molar-refractivity contribution in [3.8, 4) is 0 Å². The van der Waals surface area contributed by atoms with Crippen LogP contribution in [0.4, 0.5) is 0 Å². The van der Waals surface area contributed by atoms with Gasteiger partial charge < -0.3 is 10.6 Å². The Morgan fingerprint density at radius 2 is 0.857 bits per heavy atom. The molecule has 0 aromatic heterocycles.